The molecule has 0 saturated carbocycles. The number of likely N-dealkylation sites (N-methyl/N-ethyl adjacent to an activating group) is 1. The molecule has 1 amide bonds. The lowest BCUT2D eigenvalue weighted by Gasteiger charge is -2.09. The average Bonchev–Trinajstić information content (AvgIpc) is 2.27. The zero-order chi connectivity index (χ0) is 16.3. The van der Waals surface area contributed by atoms with Crippen LogP contribution >= 0.6 is 0 Å². The second kappa shape index (κ2) is 10.7. The SMILES string of the molecule is CCNC(CC(N)=O)C(=O)O.NC(CC(=O)O)C(=O)O. The standard InChI is InChI=1S/C6H12N2O3.C4H7NO4/c1-2-8-4(6(10)11)3-5(7)9;5-2(4(8)9)1-3(6)7/h4,8H,2-3H2,1H3,(H2,7,9)(H,10,11);2H,1,5H2,(H,6,7)(H,8,9). The Balaban J connectivity index is 0. The molecule has 116 valence electrons. The minimum atomic E-state index is -1.29. The third kappa shape index (κ3) is 12.3. The highest BCUT2D eigenvalue weighted by Gasteiger charge is 2.17. The van der Waals surface area contributed by atoms with Crippen molar-refractivity contribution in [3.63, 3.8) is 0 Å². The molecule has 8 N–H and O–H groups in total. The smallest absolute Gasteiger partial charge is 0.321 e. The van der Waals surface area contributed by atoms with Crippen LogP contribution in [0.1, 0.15) is 19.8 Å². The molecule has 10 nitrogen and oxygen atoms in total. The monoisotopic (exact) mass is 293 g/mol. The lowest BCUT2D eigenvalue weighted by Crippen LogP contribution is -2.39. The number of hydrogen-bond donors (Lipinski definition) is 6. The van der Waals surface area contributed by atoms with E-state index in [1.807, 2.05) is 0 Å². The normalized spacial score (nSPS) is 12.5. The van der Waals surface area contributed by atoms with Crippen LogP contribution in [0.15, 0.2) is 0 Å². The number of nitrogens with two attached hydrogens (primary N) is 2. The molecule has 0 heterocycles. The first kappa shape index (κ1) is 20.1. The largest absolute Gasteiger partial charge is 0.481 e. The fraction of sp³-hybridized carbons (Fsp3) is 0.600. The molecular weight excluding hydrogens is 274 g/mol. The number of primary amides is 1. The maximum atomic E-state index is 10.4. The van der Waals surface area contributed by atoms with Crippen molar-refractivity contribution in [2.75, 3.05) is 6.54 Å². The number of carboxylic acids is 3. The molecule has 0 aromatic rings. The van der Waals surface area contributed by atoms with Crippen molar-refractivity contribution in [2.24, 2.45) is 11.5 Å². The number of aliphatic carboxylic acids is 3. The van der Waals surface area contributed by atoms with Crippen molar-refractivity contribution in [1.82, 2.24) is 5.32 Å². The van der Waals surface area contributed by atoms with Gasteiger partial charge >= 0.3 is 17.9 Å². The highest BCUT2D eigenvalue weighted by molar-refractivity contribution is 5.83. The Hall–Kier alpha value is -2.20. The molecule has 2 atom stereocenters. The summed E-state index contributed by atoms with van der Waals surface area (Å²) in [5.41, 5.74) is 9.66. The van der Waals surface area contributed by atoms with Gasteiger partial charge in [-0.3, -0.25) is 19.2 Å². The molecule has 0 aliphatic heterocycles. The molecule has 0 bridgehead atoms. The van der Waals surface area contributed by atoms with Crippen LogP contribution in [0, 0.1) is 0 Å². The van der Waals surface area contributed by atoms with Crippen LogP contribution in [-0.2, 0) is 19.2 Å². The molecule has 0 rings (SSSR count). The summed E-state index contributed by atoms with van der Waals surface area (Å²) < 4.78 is 0. The summed E-state index contributed by atoms with van der Waals surface area (Å²) in [5, 5.41) is 27.1. The number of amides is 1. The van der Waals surface area contributed by atoms with E-state index < -0.39 is 42.3 Å². The summed E-state index contributed by atoms with van der Waals surface area (Å²) in [6.07, 6.45) is -0.696. The molecule has 0 fully saturated rings. The highest BCUT2D eigenvalue weighted by atomic mass is 16.4. The Morgan fingerprint density at radius 3 is 1.75 bits per heavy atom. The van der Waals surface area contributed by atoms with E-state index in [9.17, 15) is 19.2 Å². The first-order chi connectivity index (χ1) is 9.11. The molecule has 0 aliphatic carbocycles. The molecule has 0 spiro atoms. The maximum Gasteiger partial charge on any atom is 0.321 e. The highest BCUT2D eigenvalue weighted by Crippen LogP contribution is 1.90. The van der Waals surface area contributed by atoms with Crippen molar-refractivity contribution in [3.05, 3.63) is 0 Å². The molecule has 0 saturated heterocycles. The van der Waals surface area contributed by atoms with Crippen molar-refractivity contribution < 1.29 is 34.5 Å². The van der Waals surface area contributed by atoms with Crippen LogP contribution in [-0.4, -0.2) is 57.8 Å². The van der Waals surface area contributed by atoms with Gasteiger partial charge in [-0.2, -0.15) is 0 Å². The number of rotatable bonds is 8. The first-order valence-electron chi connectivity index (χ1n) is 5.56. The van der Waals surface area contributed by atoms with Crippen LogP contribution in [0.4, 0.5) is 0 Å². The van der Waals surface area contributed by atoms with E-state index in [1.54, 1.807) is 6.92 Å². The third-order valence-corrected chi connectivity index (χ3v) is 1.87. The van der Waals surface area contributed by atoms with E-state index in [0.29, 0.717) is 6.54 Å². The van der Waals surface area contributed by atoms with E-state index in [2.05, 4.69) is 5.32 Å². The molecule has 0 radical (unpaired) electrons. The summed E-state index contributed by atoms with van der Waals surface area (Å²) in [6.45, 7) is 2.27. The van der Waals surface area contributed by atoms with Gasteiger partial charge in [-0.1, -0.05) is 6.92 Å². The topological polar surface area (TPSA) is 193 Å². The van der Waals surface area contributed by atoms with E-state index in [4.69, 9.17) is 26.8 Å². The molecule has 20 heavy (non-hydrogen) atoms. The van der Waals surface area contributed by atoms with Crippen molar-refractivity contribution in [3.8, 4) is 0 Å². The Morgan fingerprint density at radius 2 is 1.55 bits per heavy atom. The number of carbonyl (C=O) groups excluding carboxylic acids is 1. The average molecular weight is 293 g/mol. The Morgan fingerprint density at radius 1 is 1.05 bits per heavy atom. The Labute approximate surface area is 114 Å². The Bertz CT molecular complexity index is 359. The van der Waals surface area contributed by atoms with E-state index in [-0.39, 0.29) is 6.42 Å². The predicted octanol–water partition coefficient (Wildman–Crippen LogP) is -2.20. The van der Waals surface area contributed by atoms with Gasteiger partial charge in [-0.05, 0) is 6.54 Å². The van der Waals surface area contributed by atoms with Gasteiger partial charge < -0.3 is 32.1 Å². The zero-order valence-electron chi connectivity index (χ0n) is 10.9. The van der Waals surface area contributed by atoms with E-state index in [0.717, 1.165) is 0 Å². The van der Waals surface area contributed by atoms with Crippen LogP contribution in [0.2, 0.25) is 0 Å². The molecule has 0 aromatic carbocycles. The number of hydrogen-bond acceptors (Lipinski definition) is 6. The summed E-state index contributed by atoms with van der Waals surface area (Å²) in [4.78, 5) is 40.3. The van der Waals surface area contributed by atoms with Gasteiger partial charge in [0, 0.05) is 0 Å². The maximum absolute atomic E-state index is 10.4. The van der Waals surface area contributed by atoms with Crippen LogP contribution < -0.4 is 16.8 Å². The number of carbonyl (C=O) groups is 4. The van der Waals surface area contributed by atoms with Gasteiger partial charge in [0.25, 0.3) is 0 Å². The van der Waals surface area contributed by atoms with E-state index in [1.165, 1.54) is 0 Å². The lowest BCUT2D eigenvalue weighted by atomic mass is 10.2. The molecule has 0 aliphatic rings. The fourth-order valence-electron chi connectivity index (χ4n) is 0.970. The molecule has 10 heteroatoms. The summed E-state index contributed by atoms with van der Waals surface area (Å²) in [5.74, 6) is -4.16. The zero-order valence-corrected chi connectivity index (χ0v) is 10.9. The van der Waals surface area contributed by atoms with Gasteiger partial charge in [0.05, 0.1) is 12.8 Å². The molecule has 2 unspecified atom stereocenters. The summed E-state index contributed by atoms with van der Waals surface area (Å²) in [7, 11) is 0. The van der Waals surface area contributed by atoms with Crippen LogP contribution in [0.3, 0.4) is 0 Å². The van der Waals surface area contributed by atoms with Gasteiger partial charge in [0.2, 0.25) is 5.91 Å². The minimum absolute atomic E-state index is 0.164. The van der Waals surface area contributed by atoms with Gasteiger partial charge in [-0.15, -0.1) is 0 Å². The first-order valence-corrected chi connectivity index (χ1v) is 5.56. The quantitative estimate of drug-likeness (QED) is 0.288. The van der Waals surface area contributed by atoms with Crippen molar-refractivity contribution in [2.45, 2.75) is 31.8 Å². The predicted molar refractivity (Wildman–Crippen MR) is 66.8 cm³/mol. The van der Waals surface area contributed by atoms with Gasteiger partial charge in [0.1, 0.15) is 12.1 Å². The fourth-order valence-corrected chi connectivity index (χ4v) is 0.970. The van der Waals surface area contributed by atoms with Crippen molar-refractivity contribution >= 4 is 23.8 Å². The Kier molecular flexibility index (Phi) is 10.8. The lowest BCUT2D eigenvalue weighted by molar-refractivity contribution is -0.144. The molecule has 0 aromatic heterocycles. The van der Waals surface area contributed by atoms with Crippen LogP contribution in [0.5, 0.6) is 0 Å². The van der Waals surface area contributed by atoms with Crippen molar-refractivity contribution in [1.29, 1.82) is 0 Å². The van der Waals surface area contributed by atoms with Crippen LogP contribution in [0.25, 0.3) is 0 Å². The second-order valence-electron chi connectivity index (χ2n) is 3.66. The molecular formula is C10H19N3O7. The third-order valence-electron chi connectivity index (χ3n) is 1.87. The number of nitrogens with one attached hydrogen (secondary N) is 1. The minimum Gasteiger partial charge on any atom is -0.481 e. The summed E-state index contributed by atoms with van der Waals surface area (Å²) >= 11 is 0. The van der Waals surface area contributed by atoms with Gasteiger partial charge in [0.15, 0.2) is 0 Å². The second-order valence-corrected chi connectivity index (χ2v) is 3.66. The number of carboxylic acid groups (broad SMARTS) is 3. The van der Waals surface area contributed by atoms with Gasteiger partial charge in [-0.25, -0.2) is 0 Å². The summed E-state index contributed by atoms with van der Waals surface area (Å²) in [6, 6.07) is -2.14. The van der Waals surface area contributed by atoms with E-state index >= 15 is 0 Å².